The lowest BCUT2D eigenvalue weighted by molar-refractivity contribution is -0.0609. The second-order valence-electron chi connectivity index (χ2n) is 6.73. The van der Waals surface area contributed by atoms with Crippen LogP contribution < -0.4 is 0 Å². The molecule has 2 aromatic rings. The molecule has 0 unspecified atom stereocenters. The average Bonchev–Trinajstić information content (AvgIpc) is 2.47. The van der Waals surface area contributed by atoms with Crippen LogP contribution in [-0.2, 0) is 20.7 Å². The summed E-state index contributed by atoms with van der Waals surface area (Å²) in [6.45, 7) is 1.77. The van der Waals surface area contributed by atoms with Crippen LogP contribution in [0.2, 0.25) is 0 Å². The van der Waals surface area contributed by atoms with Gasteiger partial charge in [0.25, 0.3) is 0 Å². The van der Waals surface area contributed by atoms with Crippen molar-refractivity contribution in [3.8, 4) is 0 Å². The van der Waals surface area contributed by atoms with Crippen LogP contribution in [0.1, 0.15) is 30.9 Å². The fourth-order valence-corrected chi connectivity index (χ4v) is 7.13. The smallest absolute Gasteiger partial charge is 0.154 e. The highest BCUT2D eigenvalue weighted by molar-refractivity contribution is 7.92. The van der Waals surface area contributed by atoms with Crippen molar-refractivity contribution in [1.29, 1.82) is 0 Å². The molecule has 0 radical (unpaired) electrons. The van der Waals surface area contributed by atoms with Gasteiger partial charge in [-0.3, -0.25) is 0 Å². The normalized spacial score (nSPS) is 32.9. The molecular weight excluding hydrogens is 292 g/mol. The second kappa shape index (κ2) is 4.45. The van der Waals surface area contributed by atoms with E-state index in [0.29, 0.717) is 0 Å². The Bertz CT molecular complexity index is 736. The first-order valence-electron chi connectivity index (χ1n) is 7.88. The lowest BCUT2D eigenvalue weighted by atomic mass is 9.31. The van der Waals surface area contributed by atoms with Crippen LogP contribution in [0.3, 0.4) is 0 Å². The summed E-state index contributed by atoms with van der Waals surface area (Å²) in [4.78, 5) is 0. The summed E-state index contributed by atoms with van der Waals surface area (Å²) in [5.74, 6) is 0.223. The first-order valence-corrected chi connectivity index (χ1v) is 9.59. The Kier molecular flexibility index (Phi) is 2.83. The minimum Gasteiger partial charge on any atom is -0.228 e. The number of hydrogen-bond donors (Lipinski definition) is 0. The second-order valence-corrected chi connectivity index (χ2v) is 9.10. The third-order valence-electron chi connectivity index (χ3n) is 5.72. The minimum absolute atomic E-state index is 0.161. The quantitative estimate of drug-likeness (QED) is 0.866. The van der Waals surface area contributed by atoms with Crippen molar-refractivity contribution < 1.29 is 8.42 Å². The van der Waals surface area contributed by atoms with Crippen molar-refractivity contribution in [2.24, 2.45) is 0 Å². The van der Waals surface area contributed by atoms with Gasteiger partial charge in [0.05, 0.1) is 5.25 Å². The molecule has 3 saturated carbocycles. The Labute approximate surface area is 132 Å². The molecule has 3 heteroatoms. The zero-order valence-corrected chi connectivity index (χ0v) is 13.5. The molecule has 0 N–H and O–H groups in total. The van der Waals surface area contributed by atoms with Crippen molar-refractivity contribution in [3.05, 3.63) is 71.8 Å². The summed E-state index contributed by atoms with van der Waals surface area (Å²) in [5, 5.41) is -0.262. The third kappa shape index (κ3) is 1.58. The Hall–Kier alpha value is -1.61. The zero-order valence-electron chi connectivity index (χ0n) is 12.7. The molecule has 22 heavy (non-hydrogen) atoms. The number of rotatable bonds is 4. The SMILES string of the molecule is CCS(=O)(=O)C1C2(c3ccccc3)CC1(c1ccccc1)C2. The van der Waals surface area contributed by atoms with Crippen LogP contribution in [0.15, 0.2) is 60.7 Å². The molecule has 3 aliphatic carbocycles. The molecule has 2 bridgehead atoms. The van der Waals surface area contributed by atoms with Gasteiger partial charge in [-0.25, -0.2) is 8.42 Å². The van der Waals surface area contributed by atoms with E-state index >= 15 is 0 Å². The standard InChI is InChI=1S/C19H20O2S/c1-2-22(20,21)17-18(15-9-5-3-6-10-15)13-19(17,14-18)16-11-7-4-8-12-16/h3-12,17H,2,13-14H2,1H3. The molecular formula is C19H20O2S. The van der Waals surface area contributed by atoms with Crippen LogP contribution >= 0.6 is 0 Å². The van der Waals surface area contributed by atoms with E-state index < -0.39 is 9.84 Å². The Morgan fingerprint density at radius 3 is 1.64 bits per heavy atom. The van der Waals surface area contributed by atoms with E-state index in [2.05, 4.69) is 24.3 Å². The molecule has 0 atom stereocenters. The molecule has 2 aromatic carbocycles. The molecule has 0 aliphatic heterocycles. The highest BCUT2D eigenvalue weighted by Gasteiger charge is 2.79. The van der Waals surface area contributed by atoms with E-state index in [1.165, 1.54) is 11.1 Å². The van der Waals surface area contributed by atoms with Gasteiger partial charge in [-0.15, -0.1) is 0 Å². The van der Waals surface area contributed by atoms with Crippen LogP contribution in [0.25, 0.3) is 0 Å². The number of benzene rings is 2. The monoisotopic (exact) mass is 312 g/mol. The maximum atomic E-state index is 12.8. The lowest BCUT2D eigenvalue weighted by Crippen LogP contribution is -2.81. The van der Waals surface area contributed by atoms with Gasteiger partial charge in [0.1, 0.15) is 0 Å². The van der Waals surface area contributed by atoms with Crippen molar-refractivity contribution in [2.75, 3.05) is 5.75 Å². The van der Waals surface area contributed by atoms with Crippen LogP contribution in [0, 0.1) is 0 Å². The van der Waals surface area contributed by atoms with Gasteiger partial charge in [-0.2, -0.15) is 0 Å². The number of hydrogen-bond acceptors (Lipinski definition) is 2. The molecule has 0 heterocycles. The van der Waals surface area contributed by atoms with E-state index in [1.807, 2.05) is 36.4 Å². The van der Waals surface area contributed by atoms with Crippen LogP contribution in [0.4, 0.5) is 0 Å². The number of sulfone groups is 1. The molecule has 3 aliphatic rings. The molecule has 2 nitrogen and oxygen atoms in total. The zero-order chi connectivity index (χ0) is 15.4. The molecule has 0 spiro atoms. The summed E-state index contributed by atoms with van der Waals surface area (Å²) < 4.78 is 25.6. The van der Waals surface area contributed by atoms with Crippen LogP contribution in [-0.4, -0.2) is 19.4 Å². The molecule has 3 fully saturated rings. The first kappa shape index (κ1) is 14.0. The first-order chi connectivity index (χ1) is 10.6. The van der Waals surface area contributed by atoms with Gasteiger partial charge in [-0.05, 0) is 24.0 Å². The summed E-state index contributed by atoms with van der Waals surface area (Å²) in [5.41, 5.74) is 2.06. The van der Waals surface area contributed by atoms with E-state index in [1.54, 1.807) is 6.92 Å². The Balaban J connectivity index is 1.81. The van der Waals surface area contributed by atoms with Crippen molar-refractivity contribution in [3.63, 3.8) is 0 Å². The summed E-state index contributed by atoms with van der Waals surface area (Å²) >= 11 is 0. The van der Waals surface area contributed by atoms with Gasteiger partial charge in [-0.1, -0.05) is 67.6 Å². The topological polar surface area (TPSA) is 34.1 Å². The maximum absolute atomic E-state index is 12.8. The fraction of sp³-hybridized carbons (Fsp3) is 0.368. The Morgan fingerprint density at radius 1 is 0.864 bits per heavy atom. The van der Waals surface area contributed by atoms with Crippen molar-refractivity contribution in [2.45, 2.75) is 35.8 Å². The molecule has 0 amide bonds. The molecule has 0 aromatic heterocycles. The van der Waals surface area contributed by atoms with Crippen LogP contribution in [0.5, 0.6) is 0 Å². The summed E-state index contributed by atoms with van der Waals surface area (Å²) in [6.07, 6.45) is 1.91. The van der Waals surface area contributed by atoms with E-state index in [4.69, 9.17) is 0 Å². The average molecular weight is 312 g/mol. The highest BCUT2D eigenvalue weighted by atomic mass is 32.2. The summed E-state index contributed by atoms with van der Waals surface area (Å²) in [7, 11) is -3.07. The van der Waals surface area contributed by atoms with Crippen molar-refractivity contribution >= 4 is 9.84 Å². The molecule has 114 valence electrons. The van der Waals surface area contributed by atoms with Crippen molar-refractivity contribution in [1.82, 2.24) is 0 Å². The van der Waals surface area contributed by atoms with Gasteiger partial charge in [0.2, 0.25) is 0 Å². The minimum atomic E-state index is -3.07. The largest absolute Gasteiger partial charge is 0.228 e. The molecule has 5 rings (SSSR count). The van der Waals surface area contributed by atoms with Gasteiger partial charge in [0, 0.05) is 16.6 Å². The predicted octanol–water partition coefficient (Wildman–Crippen LogP) is 3.47. The van der Waals surface area contributed by atoms with Gasteiger partial charge in [0.15, 0.2) is 9.84 Å². The Morgan fingerprint density at radius 2 is 1.27 bits per heavy atom. The highest BCUT2D eigenvalue weighted by Crippen LogP contribution is 2.75. The van der Waals surface area contributed by atoms with E-state index in [-0.39, 0.29) is 21.8 Å². The third-order valence-corrected chi connectivity index (χ3v) is 8.15. The van der Waals surface area contributed by atoms with Gasteiger partial charge < -0.3 is 0 Å². The lowest BCUT2D eigenvalue weighted by Gasteiger charge is -2.76. The maximum Gasteiger partial charge on any atom is 0.154 e. The predicted molar refractivity (Wildman–Crippen MR) is 88.7 cm³/mol. The van der Waals surface area contributed by atoms with Gasteiger partial charge >= 0.3 is 0 Å². The van der Waals surface area contributed by atoms with E-state index in [0.717, 1.165) is 12.8 Å². The fourth-order valence-electron chi connectivity index (χ4n) is 4.82. The summed E-state index contributed by atoms with van der Waals surface area (Å²) in [6, 6.07) is 20.4. The molecule has 0 saturated heterocycles. The van der Waals surface area contributed by atoms with E-state index in [9.17, 15) is 8.42 Å².